The van der Waals surface area contributed by atoms with Gasteiger partial charge in [-0.15, -0.1) is 0 Å². The molecule has 3 aromatic rings. The molecule has 2 aromatic carbocycles. The maximum absolute atomic E-state index is 13.3. The third-order valence-corrected chi connectivity index (χ3v) is 7.36. The lowest BCUT2D eigenvalue weighted by atomic mass is 9.95. The van der Waals surface area contributed by atoms with Crippen molar-refractivity contribution in [1.29, 1.82) is 0 Å². The third-order valence-electron chi connectivity index (χ3n) is 5.48. The van der Waals surface area contributed by atoms with Gasteiger partial charge in [-0.05, 0) is 43.7 Å². The minimum Gasteiger partial charge on any atom is -0.507 e. The molecule has 1 unspecified atom stereocenters. The summed E-state index contributed by atoms with van der Waals surface area (Å²) < 4.78 is 10.3. The first-order valence-corrected chi connectivity index (χ1v) is 12.3. The van der Waals surface area contributed by atoms with E-state index in [1.165, 1.54) is 19.2 Å². The van der Waals surface area contributed by atoms with Crippen LogP contribution >= 0.6 is 34.5 Å². The highest BCUT2D eigenvalue weighted by atomic mass is 35.5. The number of rotatable bonds is 6. The number of benzene rings is 2. The number of thiazole rings is 1. The first kappa shape index (κ1) is 25.7. The minimum atomic E-state index is -1.09. The maximum Gasteiger partial charge on any atom is 0.350 e. The lowest BCUT2D eigenvalue weighted by Crippen LogP contribution is -2.29. The van der Waals surface area contributed by atoms with Crippen molar-refractivity contribution >= 4 is 63.1 Å². The van der Waals surface area contributed by atoms with Gasteiger partial charge in [-0.3, -0.25) is 14.5 Å². The van der Waals surface area contributed by atoms with Crippen LogP contribution in [0.2, 0.25) is 10.0 Å². The zero-order chi connectivity index (χ0) is 26.1. The number of carbonyl (C=O) groups is 3. The molecule has 1 aliphatic heterocycles. The number of amides is 1. The fraction of sp³-hybridized carbons (Fsp3) is 0.200. The van der Waals surface area contributed by atoms with E-state index in [4.69, 9.17) is 32.7 Å². The summed E-state index contributed by atoms with van der Waals surface area (Å²) in [6, 6.07) is 10.1. The van der Waals surface area contributed by atoms with E-state index in [2.05, 4.69) is 4.98 Å². The van der Waals surface area contributed by atoms with E-state index in [1.807, 2.05) is 6.92 Å². The number of hydrogen-bond donors (Lipinski definition) is 1. The number of methoxy groups -OCH3 is 1. The Morgan fingerprint density at radius 3 is 2.58 bits per heavy atom. The first-order valence-electron chi connectivity index (χ1n) is 10.7. The molecule has 1 fully saturated rings. The highest BCUT2D eigenvalue weighted by Crippen LogP contribution is 2.45. The molecule has 1 N–H and O–H groups in total. The molecular weight excluding hydrogens is 527 g/mol. The van der Waals surface area contributed by atoms with Crippen LogP contribution in [-0.2, 0) is 14.3 Å². The lowest BCUT2D eigenvalue weighted by molar-refractivity contribution is -0.132. The molecule has 1 aliphatic rings. The standard InChI is InChI=1S/C25H20Cl2N2O6S/c1-4-35-15-7-5-6-14(10-15)20(30)18-19(13-8-9-16(26)17(27)11-13)29(23(32)21(18)31)25-28-12(2)22(36-25)24(33)34-3/h5-11,19,30H,4H2,1-3H3. The van der Waals surface area contributed by atoms with Crippen LogP contribution in [0.25, 0.3) is 5.76 Å². The summed E-state index contributed by atoms with van der Waals surface area (Å²) >= 11 is 13.3. The molecule has 0 spiro atoms. The Morgan fingerprint density at radius 1 is 1.17 bits per heavy atom. The topological polar surface area (TPSA) is 106 Å². The van der Waals surface area contributed by atoms with E-state index in [0.717, 1.165) is 16.2 Å². The van der Waals surface area contributed by atoms with Crippen molar-refractivity contribution in [1.82, 2.24) is 4.98 Å². The average Bonchev–Trinajstić information content (AvgIpc) is 3.37. The van der Waals surface area contributed by atoms with E-state index in [0.29, 0.717) is 23.6 Å². The van der Waals surface area contributed by atoms with E-state index in [-0.39, 0.29) is 31.2 Å². The number of carbonyl (C=O) groups excluding carboxylic acids is 3. The van der Waals surface area contributed by atoms with Gasteiger partial charge in [-0.2, -0.15) is 0 Å². The number of esters is 1. The fourth-order valence-electron chi connectivity index (χ4n) is 3.85. The first-order chi connectivity index (χ1) is 17.2. The zero-order valence-corrected chi connectivity index (χ0v) is 21.7. The summed E-state index contributed by atoms with van der Waals surface area (Å²) in [6.45, 7) is 3.82. The Balaban J connectivity index is 1.94. The van der Waals surface area contributed by atoms with Gasteiger partial charge in [0.05, 0.1) is 41.1 Å². The summed E-state index contributed by atoms with van der Waals surface area (Å²) in [5.74, 6) is -2.36. The molecule has 11 heteroatoms. The van der Waals surface area contributed by atoms with E-state index >= 15 is 0 Å². The molecule has 0 saturated carbocycles. The van der Waals surface area contributed by atoms with Gasteiger partial charge < -0.3 is 14.6 Å². The van der Waals surface area contributed by atoms with Crippen molar-refractivity contribution < 1.29 is 29.0 Å². The number of nitrogens with zero attached hydrogens (tertiary/aromatic N) is 2. The number of aryl methyl sites for hydroxylation is 1. The number of anilines is 1. The molecular formula is C25H20Cl2N2O6S. The molecule has 1 saturated heterocycles. The highest BCUT2D eigenvalue weighted by Gasteiger charge is 2.48. The summed E-state index contributed by atoms with van der Waals surface area (Å²) in [5, 5.41) is 11.8. The summed E-state index contributed by atoms with van der Waals surface area (Å²) in [7, 11) is 1.24. The van der Waals surface area contributed by atoms with Crippen molar-refractivity contribution in [2.24, 2.45) is 0 Å². The molecule has 1 aromatic heterocycles. The molecule has 0 bridgehead atoms. The van der Waals surface area contributed by atoms with Gasteiger partial charge in [0.1, 0.15) is 16.4 Å². The lowest BCUT2D eigenvalue weighted by Gasteiger charge is -2.23. The Morgan fingerprint density at radius 2 is 1.92 bits per heavy atom. The highest BCUT2D eigenvalue weighted by molar-refractivity contribution is 7.17. The van der Waals surface area contributed by atoms with E-state index in [9.17, 15) is 19.5 Å². The van der Waals surface area contributed by atoms with Crippen LogP contribution in [0.3, 0.4) is 0 Å². The molecule has 0 radical (unpaired) electrons. The van der Waals surface area contributed by atoms with Gasteiger partial charge in [0, 0.05) is 5.56 Å². The predicted octanol–water partition coefficient (Wildman–Crippen LogP) is 5.57. The Hall–Kier alpha value is -3.40. The number of ether oxygens (including phenoxy) is 2. The van der Waals surface area contributed by atoms with Crippen LogP contribution in [0.4, 0.5) is 5.13 Å². The van der Waals surface area contributed by atoms with Crippen molar-refractivity contribution in [2.45, 2.75) is 19.9 Å². The van der Waals surface area contributed by atoms with Gasteiger partial charge in [0.25, 0.3) is 5.78 Å². The average molecular weight is 547 g/mol. The number of ketones is 1. The molecule has 36 heavy (non-hydrogen) atoms. The number of halogens is 2. The Bertz CT molecular complexity index is 1420. The summed E-state index contributed by atoms with van der Waals surface area (Å²) in [4.78, 5) is 44.5. The summed E-state index contributed by atoms with van der Waals surface area (Å²) in [5.41, 5.74) is 0.869. The van der Waals surface area contributed by atoms with Gasteiger partial charge in [-0.1, -0.05) is 52.7 Å². The van der Waals surface area contributed by atoms with E-state index < -0.39 is 29.5 Å². The number of aromatic nitrogens is 1. The zero-order valence-electron chi connectivity index (χ0n) is 19.4. The van der Waals surface area contributed by atoms with Gasteiger partial charge in [0.2, 0.25) is 0 Å². The monoisotopic (exact) mass is 546 g/mol. The quantitative estimate of drug-likeness (QED) is 0.186. The van der Waals surface area contributed by atoms with Crippen LogP contribution < -0.4 is 9.64 Å². The van der Waals surface area contributed by atoms with Crippen LogP contribution in [-0.4, -0.2) is 41.5 Å². The Labute approximate surface area is 220 Å². The molecule has 186 valence electrons. The molecule has 8 nitrogen and oxygen atoms in total. The number of aliphatic hydroxyl groups excluding tert-OH is 1. The second-order valence-electron chi connectivity index (χ2n) is 7.71. The van der Waals surface area contributed by atoms with Gasteiger partial charge >= 0.3 is 11.9 Å². The van der Waals surface area contributed by atoms with Crippen molar-refractivity contribution in [3.63, 3.8) is 0 Å². The van der Waals surface area contributed by atoms with E-state index in [1.54, 1.807) is 37.3 Å². The fourth-order valence-corrected chi connectivity index (χ4v) is 5.17. The third kappa shape index (κ3) is 4.57. The molecule has 2 heterocycles. The molecule has 0 aliphatic carbocycles. The second kappa shape index (κ2) is 10.3. The van der Waals surface area contributed by atoms with Crippen molar-refractivity contribution in [3.8, 4) is 5.75 Å². The number of Topliss-reactive ketones (excluding diaryl/α,β-unsaturated/α-hetero) is 1. The van der Waals surface area contributed by atoms with Crippen LogP contribution in [0.1, 0.15) is 39.5 Å². The van der Waals surface area contributed by atoms with Crippen LogP contribution in [0.15, 0.2) is 48.0 Å². The maximum atomic E-state index is 13.3. The summed E-state index contributed by atoms with van der Waals surface area (Å²) in [6.07, 6.45) is 0. The van der Waals surface area contributed by atoms with Crippen molar-refractivity contribution in [2.75, 3.05) is 18.6 Å². The predicted molar refractivity (Wildman–Crippen MR) is 137 cm³/mol. The largest absolute Gasteiger partial charge is 0.507 e. The van der Waals surface area contributed by atoms with Crippen LogP contribution in [0, 0.1) is 6.92 Å². The number of aliphatic hydroxyl groups is 1. The van der Waals surface area contributed by atoms with Gasteiger partial charge in [-0.25, -0.2) is 9.78 Å². The Kier molecular flexibility index (Phi) is 7.35. The number of hydrogen-bond acceptors (Lipinski definition) is 8. The van der Waals surface area contributed by atoms with Gasteiger partial charge in [0.15, 0.2) is 5.13 Å². The SMILES string of the molecule is CCOc1cccc(C(O)=C2C(=O)C(=O)N(c3nc(C)c(C(=O)OC)s3)C2c2ccc(Cl)c(Cl)c2)c1. The molecule has 4 rings (SSSR count). The normalized spacial score (nSPS) is 16.9. The van der Waals surface area contributed by atoms with Crippen LogP contribution in [0.5, 0.6) is 5.75 Å². The molecule has 1 amide bonds. The second-order valence-corrected chi connectivity index (χ2v) is 9.50. The molecule has 1 atom stereocenters. The minimum absolute atomic E-state index is 0.0909. The van der Waals surface area contributed by atoms with Crippen molar-refractivity contribution in [3.05, 3.63) is 79.8 Å². The smallest absolute Gasteiger partial charge is 0.350 e.